The number of carbonyl (C=O) groups excluding carboxylic acids is 2. The van der Waals surface area contributed by atoms with Gasteiger partial charge >= 0.3 is 0 Å². The van der Waals surface area contributed by atoms with Crippen molar-refractivity contribution in [2.45, 2.75) is 66.3 Å². The van der Waals surface area contributed by atoms with Crippen molar-refractivity contribution in [1.82, 2.24) is 10.2 Å². The van der Waals surface area contributed by atoms with Crippen molar-refractivity contribution in [1.29, 1.82) is 0 Å². The first-order valence-corrected chi connectivity index (χ1v) is 7.85. The molecule has 1 heterocycles. The molecule has 1 aliphatic rings. The van der Waals surface area contributed by atoms with Crippen molar-refractivity contribution in [3.63, 3.8) is 0 Å². The Morgan fingerprint density at radius 3 is 2.50 bits per heavy atom. The molecule has 1 rings (SSSR count). The van der Waals surface area contributed by atoms with E-state index < -0.39 is 0 Å². The first-order chi connectivity index (χ1) is 9.28. The van der Waals surface area contributed by atoms with Crippen LogP contribution in [0.25, 0.3) is 0 Å². The molecular weight excluding hydrogens is 252 g/mol. The molecule has 0 radical (unpaired) electrons. The van der Waals surface area contributed by atoms with Crippen molar-refractivity contribution in [3.05, 3.63) is 0 Å². The Morgan fingerprint density at radius 1 is 1.30 bits per heavy atom. The molecule has 0 aromatic carbocycles. The number of unbranched alkanes of at least 4 members (excludes halogenated alkanes) is 2. The molecule has 0 bridgehead atoms. The molecule has 0 spiro atoms. The van der Waals surface area contributed by atoms with Crippen LogP contribution in [0.1, 0.15) is 60.3 Å². The number of piperazine rings is 1. The van der Waals surface area contributed by atoms with Crippen molar-refractivity contribution in [2.24, 2.45) is 11.3 Å². The summed E-state index contributed by atoms with van der Waals surface area (Å²) in [5.74, 6) is 0.182. The second-order valence-corrected chi connectivity index (χ2v) is 7.05. The molecular formula is C16H30N2O2. The number of hydrogen-bond acceptors (Lipinski definition) is 2. The highest BCUT2D eigenvalue weighted by Gasteiger charge is 2.38. The molecule has 116 valence electrons. The topological polar surface area (TPSA) is 49.4 Å². The standard InChI is InChI=1S/C16H30N2O2/c1-6-7-8-9-16(4,5)11-18-13(19)10-17-15(20)14(18)12(2)3/h12,14H,6-11H2,1-5H3,(H,17,20). The van der Waals surface area contributed by atoms with Gasteiger partial charge in [0.25, 0.3) is 0 Å². The molecule has 1 N–H and O–H groups in total. The van der Waals surface area contributed by atoms with E-state index in [0.29, 0.717) is 6.54 Å². The Hall–Kier alpha value is -1.06. The van der Waals surface area contributed by atoms with Crippen molar-refractivity contribution < 1.29 is 9.59 Å². The SMILES string of the molecule is CCCCCC(C)(C)CN1C(=O)CNC(=O)C1C(C)C. The van der Waals surface area contributed by atoms with Gasteiger partial charge < -0.3 is 10.2 Å². The maximum absolute atomic E-state index is 12.2. The summed E-state index contributed by atoms with van der Waals surface area (Å²) in [6.07, 6.45) is 4.71. The van der Waals surface area contributed by atoms with E-state index in [0.717, 1.165) is 6.42 Å². The fourth-order valence-corrected chi connectivity index (χ4v) is 2.91. The number of nitrogens with one attached hydrogen (secondary N) is 1. The third-order valence-electron chi connectivity index (χ3n) is 4.03. The van der Waals surface area contributed by atoms with Gasteiger partial charge in [-0.25, -0.2) is 0 Å². The number of rotatable bonds is 7. The Bertz CT molecular complexity index is 350. The van der Waals surface area contributed by atoms with Gasteiger partial charge in [-0.05, 0) is 17.8 Å². The normalized spacial score (nSPS) is 20.5. The summed E-state index contributed by atoms with van der Waals surface area (Å²) in [4.78, 5) is 26.0. The minimum Gasteiger partial charge on any atom is -0.345 e. The van der Waals surface area contributed by atoms with Gasteiger partial charge in [-0.2, -0.15) is 0 Å². The lowest BCUT2D eigenvalue weighted by Gasteiger charge is -2.41. The molecule has 1 atom stereocenters. The molecule has 0 aromatic heterocycles. The first kappa shape index (κ1) is 17.0. The van der Waals surface area contributed by atoms with Crippen LogP contribution in [-0.2, 0) is 9.59 Å². The van der Waals surface area contributed by atoms with E-state index >= 15 is 0 Å². The number of hydrogen-bond donors (Lipinski definition) is 1. The van der Waals surface area contributed by atoms with Crippen LogP contribution in [0.3, 0.4) is 0 Å². The predicted molar refractivity (Wildman–Crippen MR) is 81.3 cm³/mol. The molecule has 1 aliphatic heterocycles. The number of carbonyl (C=O) groups is 2. The van der Waals surface area contributed by atoms with Crippen LogP contribution in [0.15, 0.2) is 0 Å². The zero-order valence-corrected chi connectivity index (χ0v) is 13.7. The molecule has 2 amide bonds. The van der Waals surface area contributed by atoms with E-state index in [-0.39, 0.29) is 35.7 Å². The Balaban J connectivity index is 2.74. The van der Waals surface area contributed by atoms with Crippen LogP contribution < -0.4 is 5.32 Å². The van der Waals surface area contributed by atoms with Crippen molar-refractivity contribution >= 4 is 11.8 Å². The summed E-state index contributed by atoms with van der Waals surface area (Å²) >= 11 is 0. The summed E-state index contributed by atoms with van der Waals surface area (Å²) in [7, 11) is 0. The highest BCUT2D eigenvalue weighted by molar-refractivity contribution is 5.95. The van der Waals surface area contributed by atoms with E-state index in [9.17, 15) is 9.59 Å². The van der Waals surface area contributed by atoms with Gasteiger partial charge in [-0.1, -0.05) is 53.9 Å². The molecule has 0 aromatic rings. The maximum atomic E-state index is 12.2. The highest BCUT2D eigenvalue weighted by atomic mass is 16.2. The van der Waals surface area contributed by atoms with Crippen LogP contribution in [0, 0.1) is 11.3 Å². The second-order valence-electron chi connectivity index (χ2n) is 7.05. The van der Waals surface area contributed by atoms with Crippen molar-refractivity contribution in [3.8, 4) is 0 Å². The fraction of sp³-hybridized carbons (Fsp3) is 0.875. The third kappa shape index (κ3) is 4.50. The van der Waals surface area contributed by atoms with Gasteiger partial charge in [-0.15, -0.1) is 0 Å². The predicted octanol–water partition coefficient (Wildman–Crippen LogP) is 2.58. The largest absolute Gasteiger partial charge is 0.345 e. The minimum absolute atomic E-state index is 0.0102. The molecule has 4 nitrogen and oxygen atoms in total. The first-order valence-electron chi connectivity index (χ1n) is 7.85. The molecule has 0 aliphatic carbocycles. The lowest BCUT2D eigenvalue weighted by atomic mass is 9.84. The average molecular weight is 282 g/mol. The summed E-state index contributed by atoms with van der Waals surface area (Å²) in [6, 6.07) is -0.318. The molecule has 20 heavy (non-hydrogen) atoms. The van der Waals surface area contributed by atoms with E-state index in [4.69, 9.17) is 0 Å². The van der Waals surface area contributed by atoms with Crippen LogP contribution in [0.2, 0.25) is 0 Å². The monoisotopic (exact) mass is 282 g/mol. The summed E-state index contributed by atoms with van der Waals surface area (Å²) in [5.41, 5.74) is 0.0651. The quantitative estimate of drug-likeness (QED) is 0.730. The maximum Gasteiger partial charge on any atom is 0.243 e. The fourth-order valence-electron chi connectivity index (χ4n) is 2.91. The Kier molecular flexibility index (Phi) is 6.03. The Labute approximate surface area is 123 Å². The highest BCUT2D eigenvalue weighted by Crippen LogP contribution is 2.28. The zero-order chi connectivity index (χ0) is 15.3. The van der Waals surface area contributed by atoms with Gasteiger partial charge in [0.2, 0.25) is 11.8 Å². The molecule has 0 saturated carbocycles. The van der Waals surface area contributed by atoms with Gasteiger partial charge in [0.1, 0.15) is 6.04 Å². The van der Waals surface area contributed by atoms with Gasteiger partial charge in [0.05, 0.1) is 6.54 Å². The second kappa shape index (κ2) is 7.09. The molecule has 1 unspecified atom stereocenters. The zero-order valence-electron chi connectivity index (χ0n) is 13.7. The minimum atomic E-state index is -0.318. The number of amides is 2. The molecule has 1 fully saturated rings. The van der Waals surface area contributed by atoms with Gasteiger partial charge in [-0.3, -0.25) is 9.59 Å². The van der Waals surface area contributed by atoms with Crippen molar-refractivity contribution in [2.75, 3.05) is 13.1 Å². The van der Waals surface area contributed by atoms with Crippen LogP contribution in [-0.4, -0.2) is 35.8 Å². The lowest BCUT2D eigenvalue weighted by Crippen LogP contribution is -2.61. The Morgan fingerprint density at radius 2 is 1.95 bits per heavy atom. The van der Waals surface area contributed by atoms with Gasteiger partial charge in [0.15, 0.2) is 0 Å². The van der Waals surface area contributed by atoms with E-state index in [1.165, 1.54) is 19.3 Å². The number of nitrogens with zero attached hydrogens (tertiary/aromatic N) is 1. The lowest BCUT2D eigenvalue weighted by molar-refractivity contribution is -0.149. The van der Waals surface area contributed by atoms with E-state index in [2.05, 4.69) is 26.1 Å². The summed E-state index contributed by atoms with van der Waals surface area (Å²) < 4.78 is 0. The smallest absolute Gasteiger partial charge is 0.243 e. The van der Waals surface area contributed by atoms with Crippen LogP contribution in [0.5, 0.6) is 0 Å². The van der Waals surface area contributed by atoms with E-state index in [1.807, 2.05) is 13.8 Å². The van der Waals surface area contributed by atoms with Crippen LogP contribution in [0.4, 0.5) is 0 Å². The molecule has 4 heteroatoms. The van der Waals surface area contributed by atoms with Crippen LogP contribution >= 0.6 is 0 Å². The average Bonchev–Trinajstić information content (AvgIpc) is 2.33. The van der Waals surface area contributed by atoms with E-state index in [1.54, 1.807) is 4.90 Å². The summed E-state index contributed by atoms with van der Waals surface area (Å²) in [5, 5.41) is 2.70. The van der Waals surface area contributed by atoms with Gasteiger partial charge in [0, 0.05) is 6.54 Å². The third-order valence-corrected chi connectivity index (χ3v) is 4.03. The molecule has 1 saturated heterocycles. The summed E-state index contributed by atoms with van der Waals surface area (Å²) in [6.45, 7) is 11.4.